The Labute approximate surface area is 225 Å². The molecule has 3 aromatic carbocycles. The second-order valence-corrected chi connectivity index (χ2v) is 12.0. The molecule has 1 N–H and O–H groups in total. The largest absolute Gasteiger partial charge is 0.329 e. The first-order chi connectivity index (χ1) is 18.3. The van der Waals surface area contributed by atoms with Crippen LogP contribution in [0.2, 0.25) is 0 Å². The molecule has 0 aliphatic carbocycles. The van der Waals surface area contributed by atoms with Gasteiger partial charge in [-0.25, -0.2) is 17.9 Å². The predicted molar refractivity (Wildman–Crippen MR) is 152 cm³/mol. The van der Waals surface area contributed by atoms with Gasteiger partial charge in [0.15, 0.2) is 0 Å². The molecule has 0 bridgehead atoms. The van der Waals surface area contributed by atoms with E-state index in [9.17, 15) is 18.0 Å². The van der Waals surface area contributed by atoms with E-state index in [0.29, 0.717) is 13.0 Å². The molecular formula is C29H29N3O4S2. The molecule has 5 rings (SSSR count). The highest BCUT2D eigenvalue weighted by Gasteiger charge is 2.25. The van der Waals surface area contributed by atoms with Gasteiger partial charge in [-0.2, -0.15) is 0 Å². The van der Waals surface area contributed by atoms with E-state index in [1.165, 1.54) is 16.8 Å². The summed E-state index contributed by atoms with van der Waals surface area (Å²) in [6.45, 7) is 4.46. The molecule has 1 unspecified atom stereocenters. The van der Waals surface area contributed by atoms with Crippen molar-refractivity contribution >= 4 is 48.4 Å². The molecule has 0 spiro atoms. The Bertz CT molecular complexity index is 1780. The van der Waals surface area contributed by atoms with Gasteiger partial charge in [0, 0.05) is 22.5 Å². The molecule has 7 nitrogen and oxygen atoms in total. The highest BCUT2D eigenvalue weighted by molar-refractivity contribution is 7.90. The minimum absolute atomic E-state index is 0.0208. The molecule has 9 heteroatoms. The molecule has 0 aliphatic rings. The number of hydrogen-bond acceptors (Lipinski definition) is 5. The molecule has 0 saturated heterocycles. The van der Waals surface area contributed by atoms with Gasteiger partial charge in [-0.3, -0.25) is 13.9 Å². The van der Waals surface area contributed by atoms with Crippen LogP contribution in [0.25, 0.3) is 21.1 Å². The molecule has 0 aliphatic heterocycles. The van der Waals surface area contributed by atoms with Crippen molar-refractivity contribution in [2.75, 3.05) is 0 Å². The Balaban J connectivity index is 1.51. The van der Waals surface area contributed by atoms with Crippen LogP contribution in [0.4, 0.5) is 0 Å². The standard InChI is InChI=1S/C29H29N3O4S2/c1-3-10-22(17-27(33)30-38(35,36)23-12-5-4-6-13-23)32-25-15-8-7-14-24(25)31(29(32)34)18-21-19-37-26-16-9-11-20(2)28(21)26/h4-9,11-16,19,22H,3,10,17-18H2,1-2H3,(H,30,33). The fourth-order valence-electron chi connectivity index (χ4n) is 5.09. The van der Waals surface area contributed by atoms with Crippen molar-refractivity contribution in [2.24, 2.45) is 0 Å². The number of amides is 1. The summed E-state index contributed by atoms with van der Waals surface area (Å²) < 4.78 is 32.2. The Morgan fingerprint density at radius 2 is 1.68 bits per heavy atom. The maximum Gasteiger partial charge on any atom is 0.329 e. The van der Waals surface area contributed by atoms with Crippen LogP contribution < -0.4 is 10.4 Å². The van der Waals surface area contributed by atoms with E-state index in [0.717, 1.165) is 34.0 Å². The number of aromatic nitrogens is 2. The minimum atomic E-state index is -4.00. The Morgan fingerprint density at radius 1 is 0.974 bits per heavy atom. The van der Waals surface area contributed by atoms with Gasteiger partial charge >= 0.3 is 5.69 Å². The second-order valence-electron chi connectivity index (χ2n) is 9.42. The normalized spacial score (nSPS) is 12.7. The number of hydrogen-bond donors (Lipinski definition) is 1. The summed E-state index contributed by atoms with van der Waals surface area (Å²) in [5, 5.41) is 3.26. The minimum Gasteiger partial charge on any atom is -0.288 e. The molecule has 38 heavy (non-hydrogen) atoms. The van der Waals surface area contributed by atoms with Crippen LogP contribution in [-0.4, -0.2) is 23.5 Å². The summed E-state index contributed by atoms with van der Waals surface area (Å²) in [5.74, 6) is -0.643. The maximum atomic E-state index is 13.9. The SMILES string of the molecule is CCCC(CC(=O)NS(=O)(=O)c1ccccc1)n1c(=O)n(Cc2csc3cccc(C)c23)c2ccccc21. The number of fused-ring (bicyclic) bond motifs is 2. The third-order valence-corrected chi connectivity index (χ3v) is 9.18. The van der Waals surface area contributed by atoms with Crippen molar-refractivity contribution in [3.05, 3.63) is 99.8 Å². The number of aryl methyl sites for hydroxylation is 1. The van der Waals surface area contributed by atoms with Gasteiger partial charge in [0.2, 0.25) is 5.91 Å². The maximum absolute atomic E-state index is 13.9. The first kappa shape index (κ1) is 25.9. The number of carbonyl (C=O) groups excluding carboxylic acids is 1. The average Bonchev–Trinajstić information content (AvgIpc) is 3.44. The first-order valence-corrected chi connectivity index (χ1v) is 14.9. The lowest BCUT2D eigenvalue weighted by molar-refractivity contribution is -0.120. The average molecular weight is 548 g/mol. The summed E-state index contributed by atoms with van der Waals surface area (Å²) in [6.07, 6.45) is 1.14. The summed E-state index contributed by atoms with van der Waals surface area (Å²) >= 11 is 1.66. The van der Waals surface area contributed by atoms with Crippen molar-refractivity contribution in [1.29, 1.82) is 0 Å². The van der Waals surface area contributed by atoms with Crippen LogP contribution in [0.1, 0.15) is 43.4 Å². The van der Waals surface area contributed by atoms with Gasteiger partial charge in [-0.1, -0.05) is 55.8 Å². The van der Waals surface area contributed by atoms with E-state index in [1.54, 1.807) is 38.7 Å². The fourth-order valence-corrected chi connectivity index (χ4v) is 7.13. The van der Waals surface area contributed by atoms with Crippen LogP contribution in [0.5, 0.6) is 0 Å². The Kier molecular flexibility index (Phi) is 7.23. The Hall–Kier alpha value is -3.69. The van der Waals surface area contributed by atoms with Gasteiger partial charge in [0.25, 0.3) is 10.0 Å². The van der Waals surface area contributed by atoms with Crippen molar-refractivity contribution in [3.8, 4) is 0 Å². The lowest BCUT2D eigenvalue weighted by Gasteiger charge is -2.18. The van der Waals surface area contributed by atoms with E-state index in [2.05, 4.69) is 29.2 Å². The van der Waals surface area contributed by atoms with Gasteiger partial charge in [-0.15, -0.1) is 11.3 Å². The molecule has 5 aromatic rings. The zero-order valence-corrected chi connectivity index (χ0v) is 22.9. The molecule has 196 valence electrons. The van der Waals surface area contributed by atoms with E-state index in [1.807, 2.05) is 37.3 Å². The molecule has 0 radical (unpaired) electrons. The molecular weight excluding hydrogens is 518 g/mol. The lowest BCUT2D eigenvalue weighted by Crippen LogP contribution is -2.35. The van der Waals surface area contributed by atoms with Gasteiger partial charge in [0.05, 0.1) is 22.5 Å². The predicted octanol–water partition coefficient (Wildman–Crippen LogP) is 5.61. The fraction of sp³-hybridized carbons (Fsp3) is 0.241. The van der Waals surface area contributed by atoms with E-state index >= 15 is 0 Å². The summed E-state index contributed by atoms with van der Waals surface area (Å²) in [5.41, 5.74) is 3.54. The molecule has 2 heterocycles. The zero-order chi connectivity index (χ0) is 26.9. The Morgan fingerprint density at radius 3 is 2.42 bits per heavy atom. The topological polar surface area (TPSA) is 90.2 Å². The summed E-state index contributed by atoms with van der Waals surface area (Å²) in [4.78, 5) is 26.9. The number of imidazole rings is 1. The number of rotatable bonds is 9. The molecule has 2 aromatic heterocycles. The monoisotopic (exact) mass is 547 g/mol. The van der Waals surface area contributed by atoms with Gasteiger partial charge in [0.1, 0.15) is 0 Å². The van der Waals surface area contributed by atoms with E-state index in [4.69, 9.17) is 0 Å². The van der Waals surface area contributed by atoms with E-state index < -0.39 is 22.0 Å². The highest BCUT2D eigenvalue weighted by Crippen LogP contribution is 2.30. The van der Waals surface area contributed by atoms with Crippen molar-refractivity contribution in [3.63, 3.8) is 0 Å². The number of thiophene rings is 1. The molecule has 0 saturated carbocycles. The van der Waals surface area contributed by atoms with Crippen LogP contribution in [0.15, 0.2) is 87.9 Å². The van der Waals surface area contributed by atoms with Crippen LogP contribution in [0, 0.1) is 6.92 Å². The zero-order valence-electron chi connectivity index (χ0n) is 21.3. The van der Waals surface area contributed by atoms with E-state index in [-0.39, 0.29) is 17.0 Å². The van der Waals surface area contributed by atoms with Crippen LogP contribution in [0.3, 0.4) is 0 Å². The van der Waals surface area contributed by atoms with Crippen molar-refractivity contribution in [2.45, 2.75) is 50.6 Å². The van der Waals surface area contributed by atoms with Crippen molar-refractivity contribution < 1.29 is 13.2 Å². The number of sulfonamides is 1. The molecule has 1 atom stereocenters. The smallest absolute Gasteiger partial charge is 0.288 e. The number of nitrogens with zero attached hydrogens (tertiary/aromatic N) is 2. The summed E-state index contributed by atoms with van der Waals surface area (Å²) in [6, 6.07) is 21.1. The van der Waals surface area contributed by atoms with Crippen LogP contribution in [-0.2, 0) is 21.4 Å². The lowest BCUT2D eigenvalue weighted by atomic mass is 10.1. The molecule has 0 fully saturated rings. The third-order valence-electron chi connectivity index (χ3n) is 6.79. The van der Waals surface area contributed by atoms with Gasteiger partial charge < -0.3 is 0 Å². The number of benzene rings is 3. The van der Waals surface area contributed by atoms with Crippen LogP contribution >= 0.6 is 11.3 Å². The second kappa shape index (κ2) is 10.6. The highest BCUT2D eigenvalue weighted by atomic mass is 32.2. The van der Waals surface area contributed by atoms with Crippen molar-refractivity contribution in [1.82, 2.24) is 13.9 Å². The number of para-hydroxylation sites is 2. The van der Waals surface area contributed by atoms with Gasteiger partial charge in [-0.05, 0) is 60.2 Å². The third kappa shape index (κ3) is 4.91. The first-order valence-electron chi connectivity index (χ1n) is 12.6. The number of carbonyl (C=O) groups is 1. The molecule has 1 amide bonds. The summed E-state index contributed by atoms with van der Waals surface area (Å²) in [7, 11) is -4.00. The quantitative estimate of drug-likeness (QED) is 0.260. The number of nitrogens with one attached hydrogen (secondary N) is 1.